The molecule has 0 bridgehead atoms. The Balaban J connectivity index is 2.65. The van der Waals surface area contributed by atoms with Gasteiger partial charge in [0.05, 0.1) is 6.04 Å². The highest BCUT2D eigenvalue weighted by molar-refractivity contribution is 5.94. The molecule has 0 saturated heterocycles. The molecule has 1 aromatic rings. The van der Waals surface area contributed by atoms with Gasteiger partial charge in [0, 0.05) is 5.69 Å². The molecular formula is C11H16N2O. The molecule has 3 heteroatoms. The Labute approximate surface area is 84.3 Å². The molecule has 1 rings (SSSR count). The van der Waals surface area contributed by atoms with Crippen molar-refractivity contribution in [2.45, 2.75) is 26.3 Å². The van der Waals surface area contributed by atoms with Gasteiger partial charge < -0.3 is 11.1 Å². The van der Waals surface area contributed by atoms with Crippen LogP contribution < -0.4 is 11.1 Å². The van der Waals surface area contributed by atoms with Crippen molar-refractivity contribution in [2.24, 2.45) is 5.73 Å². The van der Waals surface area contributed by atoms with Gasteiger partial charge in [-0.1, -0.05) is 19.1 Å². The van der Waals surface area contributed by atoms with Crippen LogP contribution in [0.4, 0.5) is 5.69 Å². The Bertz CT molecular complexity index is 323. The fourth-order valence-corrected chi connectivity index (χ4v) is 1.14. The lowest BCUT2D eigenvalue weighted by Gasteiger charge is -2.10. The topological polar surface area (TPSA) is 55.1 Å². The second-order valence-corrected chi connectivity index (χ2v) is 3.37. The van der Waals surface area contributed by atoms with Gasteiger partial charge in [-0.2, -0.15) is 0 Å². The predicted octanol–water partition coefficient (Wildman–Crippen LogP) is 1.67. The highest BCUT2D eigenvalue weighted by Gasteiger charge is 2.10. The van der Waals surface area contributed by atoms with Gasteiger partial charge in [0.1, 0.15) is 0 Å². The Hall–Kier alpha value is -1.35. The van der Waals surface area contributed by atoms with Gasteiger partial charge in [-0.3, -0.25) is 4.79 Å². The van der Waals surface area contributed by atoms with Gasteiger partial charge in [-0.15, -0.1) is 0 Å². The summed E-state index contributed by atoms with van der Waals surface area (Å²) in [6.07, 6.45) is 0.650. The van der Waals surface area contributed by atoms with Crippen LogP contribution in [0.1, 0.15) is 18.9 Å². The first-order valence-electron chi connectivity index (χ1n) is 4.76. The van der Waals surface area contributed by atoms with E-state index in [1.165, 1.54) is 0 Å². The third-order valence-corrected chi connectivity index (χ3v) is 2.06. The third kappa shape index (κ3) is 2.85. The normalized spacial score (nSPS) is 12.2. The average molecular weight is 192 g/mol. The summed E-state index contributed by atoms with van der Waals surface area (Å²) in [6.45, 7) is 3.87. The van der Waals surface area contributed by atoms with Gasteiger partial charge >= 0.3 is 0 Å². The quantitative estimate of drug-likeness (QED) is 0.765. The number of aryl methyl sites for hydroxylation is 1. The number of benzene rings is 1. The summed E-state index contributed by atoms with van der Waals surface area (Å²) in [5.41, 5.74) is 7.51. The first-order valence-corrected chi connectivity index (χ1v) is 4.76. The van der Waals surface area contributed by atoms with Gasteiger partial charge in [-0.25, -0.2) is 0 Å². The fraction of sp³-hybridized carbons (Fsp3) is 0.364. The molecule has 0 heterocycles. The Kier molecular flexibility index (Phi) is 3.65. The zero-order valence-corrected chi connectivity index (χ0v) is 8.58. The molecule has 1 amide bonds. The maximum atomic E-state index is 11.4. The van der Waals surface area contributed by atoms with Crippen LogP contribution in [0.15, 0.2) is 24.3 Å². The molecule has 0 fully saturated rings. The fourth-order valence-electron chi connectivity index (χ4n) is 1.14. The van der Waals surface area contributed by atoms with Crippen molar-refractivity contribution < 1.29 is 4.79 Å². The molecule has 0 radical (unpaired) electrons. The Morgan fingerprint density at radius 3 is 2.86 bits per heavy atom. The van der Waals surface area contributed by atoms with Crippen LogP contribution in [0.2, 0.25) is 0 Å². The molecule has 3 N–H and O–H groups in total. The molecule has 0 saturated carbocycles. The first kappa shape index (κ1) is 10.7. The molecule has 0 unspecified atom stereocenters. The van der Waals surface area contributed by atoms with Crippen molar-refractivity contribution in [2.75, 3.05) is 5.32 Å². The van der Waals surface area contributed by atoms with E-state index in [0.717, 1.165) is 11.3 Å². The largest absolute Gasteiger partial charge is 0.325 e. The maximum Gasteiger partial charge on any atom is 0.241 e. The van der Waals surface area contributed by atoms with Gasteiger partial charge in [0.25, 0.3) is 0 Å². The number of nitrogens with one attached hydrogen (secondary N) is 1. The van der Waals surface area contributed by atoms with E-state index in [1.54, 1.807) is 0 Å². The molecule has 1 atom stereocenters. The van der Waals surface area contributed by atoms with Gasteiger partial charge in [0.2, 0.25) is 5.91 Å². The standard InChI is InChI=1S/C11H16N2O/c1-3-10(12)11(14)13-9-6-4-5-8(2)7-9/h4-7,10H,3,12H2,1-2H3,(H,13,14)/t10-/m0/s1. The first-order chi connectivity index (χ1) is 6.63. The average Bonchev–Trinajstić information content (AvgIpc) is 2.16. The van der Waals surface area contributed by atoms with Crippen molar-refractivity contribution in [3.8, 4) is 0 Å². The molecule has 14 heavy (non-hydrogen) atoms. The van der Waals surface area contributed by atoms with E-state index in [1.807, 2.05) is 38.1 Å². The van der Waals surface area contributed by atoms with Crippen LogP contribution >= 0.6 is 0 Å². The second kappa shape index (κ2) is 4.77. The summed E-state index contributed by atoms with van der Waals surface area (Å²) >= 11 is 0. The molecule has 3 nitrogen and oxygen atoms in total. The van der Waals surface area contributed by atoms with Gasteiger partial charge in [0.15, 0.2) is 0 Å². The number of amides is 1. The summed E-state index contributed by atoms with van der Waals surface area (Å²) in [5, 5.41) is 2.77. The van der Waals surface area contributed by atoms with Gasteiger partial charge in [-0.05, 0) is 31.0 Å². The lowest BCUT2D eigenvalue weighted by atomic mass is 10.2. The molecule has 0 aliphatic rings. The molecule has 0 aliphatic carbocycles. The SMILES string of the molecule is CC[C@H](N)C(=O)Nc1cccc(C)c1. The maximum absolute atomic E-state index is 11.4. The van der Waals surface area contributed by atoms with Crippen molar-refractivity contribution >= 4 is 11.6 Å². The van der Waals surface area contributed by atoms with Crippen LogP contribution in [-0.4, -0.2) is 11.9 Å². The molecule has 0 spiro atoms. The highest BCUT2D eigenvalue weighted by atomic mass is 16.2. The van der Waals surface area contributed by atoms with E-state index >= 15 is 0 Å². The Morgan fingerprint density at radius 2 is 2.29 bits per heavy atom. The van der Waals surface area contributed by atoms with Crippen molar-refractivity contribution in [1.29, 1.82) is 0 Å². The summed E-state index contributed by atoms with van der Waals surface area (Å²) in [7, 11) is 0. The van der Waals surface area contributed by atoms with Crippen LogP contribution in [0, 0.1) is 6.92 Å². The van der Waals surface area contributed by atoms with E-state index in [2.05, 4.69) is 5.32 Å². The lowest BCUT2D eigenvalue weighted by molar-refractivity contribution is -0.117. The number of carbonyl (C=O) groups is 1. The van der Waals surface area contributed by atoms with Crippen LogP contribution in [0.5, 0.6) is 0 Å². The molecule has 0 aliphatic heterocycles. The smallest absolute Gasteiger partial charge is 0.241 e. The highest BCUT2D eigenvalue weighted by Crippen LogP contribution is 2.09. The molecule has 76 valence electrons. The summed E-state index contributed by atoms with van der Waals surface area (Å²) in [4.78, 5) is 11.4. The van der Waals surface area contributed by atoms with E-state index in [4.69, 9.17) is 5.73 Å². The minimum Gasteiger partial charge on any atom is -0.325 e. The van der Waals surface area contributed by atoms with E-state index in [-0.39, 0.29) is 5.91 Å². The van der Waals surface area contributed by atoms with Crippen LogP contribution in [-0.2, 0) is 4.79 Å². The third-order valence-electron chi connectivity index (χ3n) is 2.06. The summed E-state index contributed by atoms with van der Waals surface area (Å²) in [5.74, 6) is -0.127. The minimum atomic E-state index is -0.421. The summed E-state index contributed by atoms with van der Waals surface area (Å²) < 4.78 is 0. The van der Waals surface area contributed by atoms with Crippen molar-refractivity contribution in [3.05, 3.63) is 29.8 Å². The monoisotopic (exact) mass is 192 g/mol. The summed E-state index contributed by atoms with van der Waals surface area (Å²) in [6, 6.07) is 7.24. The number of anilines is 1. The number of carbonyl (C=O) groups excluding carboxylic acids is 1. The second-order valence-electron chi connectivity index (χ2n) is 3.37. The van der Waals surface area contributed by atoms with E-state index < -0.39 is 6.04 Å². The van der Waals surface area contributed by atoms with Crippen LogP contribution in [0.25, 0.3) is 0 Å². The number of rotatable bonds is 3. The molecule has 0 aromatic heterocycles. The lowest BCUT2D eigenvalue weighted by Crippen LogP contribution is -2.34. The predicted molar refractivity (Wildman–Crippen MR) is 58.1 cm³/mol. The van der Waals surface area contributed by atoms with E-state index in [9.17, 15) is 4.79 Å². The zero-order valence-electron chi connectivity index (χ0n) is 8.58. The van der Waals surface area contributed by atoms with Crippen molar-refractivity contribution in [3.63, 3.8) is 0 Å². The number of hydrogen-bond donors (Lipinski definition) is 2. The number of nitrogens with two attached hydrogens (primary N) is 1. The molecule has 1 aromatic carbocycles. The van der Waals surface area contributed by atoms with E-state index in [0.29, 0.717) is 6.42 Å². The number of hydrogen-bond acceptors (Lipinski definition) is 2. The molecular weight excluding hydrogens is 176 g/mol. The van der Waals surface area contributed by atoms with Crippen molar-refractivity contribution in [1.82, 2.24) is 0 Å². The van der Waals surface area contributed by atoms with Crippen LogP contribution in [0.3, 0.4) is 0 Å². The Morgan fingerprint density at radius 1 is 1.57 bits per heavy atom. The minimum absolute atomic E-state index is 0.127. The zero-order chi connectivity index (χ0) is 10.6.